The maximum atomic E-state index is 10.9. The first kappa shape index (κ1) is 9.84. The van der Waals surface area contributed by atoms with Crippen molar-refractivity contribution in [1.29, 1.82) is 0 Å². The standard InChI is InChI=1S/C13H10N2O2/c16-13(17)10-7-14-12-6-5-9-3-1-2-4-11(9)15(12)8-10/h1-4,6-8H,5H2,(H,16,17). The second-order valence-corrected chi connectivity index (χ2v) is 3.91. The molecule has 0 saturated heterocycles. The van der Waals surface area contributed by atoms with Crippen LogP contribution in [0.15, 0.2) is 52.9 Å². The summed E-state index contributed by atoms with van der Waals surface area (Å²) < 4.78 is 0. The van der Waals surface area contributed by atoms with Gasteiger partial charge in [-0.3, -0.25) is 0 Å². The number of para-hydroxylation sites is 1. The summed E-state index contributed by atoms with van der Waals surface area (Å²) in [7, 11) is 0. The lowest BCUT2D eigenvalue weighted by molar-refractivity contribution is -0.132. The maximum Gasteiger partial charge on any atom is 0.338 e. The highest BCUT2D eigenvalue weighted by molar-refractivity contribution is 6.10. The normalized spacial score (nSPS) is 16.8. The minimum absolute atomic E-state index is 0.193. The van der Waals surface area contributed by atoms with Crippen molar-refractivity contribution < 1.29 is 9.90 Å². The number of hydrogen-bond acceptors (Lipinski definition) is 3. The van der Waals surface area contributed by atoms with Crippen LogP contribution in [0, 0.1) is 0 Å². The predicted molar refractivity (Wildman–Crippen MR) is 64.9 cm³/mol. The van der Waals surface area contributed by atoms with Crippen molar-refractivity contribution in [3.05, 3.63) is 53.5 Å². The lowest BCUT2D eigenvalue weighted by Gasteiger charge is -2.29. The molecule has 0 saturated carbocycles. The number of allylic oxidation sites excluding steroid dienone is 1. The Morgan fingerprint density at radius 2 is 2.18 bits per heavy atom. The smallest absolute Gasteiger partial charge is 0.338 e. The highest BCUT2D eigenvalue weighted by atomic mass is 16.4. The zero-order chi connectivity index (χ0) is 11.8. The molecule has 0 aliphatic carbocycles. The monoisotopic (exact) mass is 226 g/mol. The summed E-state index contributed by atoms with van der Waals surface area (Å²) in [6.07, 6.45) is 5.82. The van der Waals surface area contributed by atoms with Gasteiger partial charge in [0.05, 0.1) is 11.3 Å². The molecule has 0 bridgehead atoms. The van der Waals surface area contributed by atoms with Gasteiger partial charge in [-0.15, -0.1) is 0 Å². The van der Waals surface area contributed by atoms with E-state index in [0.29, 0.717) is 0 Å². The Hall–Kier alpha value is -2.36. The van der Waals surface area contributed by atoms with E-state index in [1.54, 1.807) is 6.20 Å². The number of aliphatic carboxylic acids is 1. The van der Waals surface area contributed by atoms with E-state index in [4.69, 9.17) is 5.11 Å². The molecule has 0 radical (unpaired) electrons. The fourth-order valence-corrected chi connectivity index (χ4v) is 2.01. The molecule has 0 aromatic heterocycles. The van der Waals surface area contributed by atoms with Gasteiger partial charge in [-0.2, -0.15) is 0 Å². The predicted octanol–water partition coefficient (Wildman–Crippen LogP) is 1.94. The van der Waals surface area contributed by atoms with E-state index in [1.807, 2.05) is 35.2 Å². The summed E-state index contributed by atoms with van der Waals surface area (Å²) in [4.78, 5) is 16.9. The Kier molecular flexibility index (Phi) is 2.08. The van der Waals surface area contributed by atoms with Crippen molar-refractivity contribution in [2.24, 2.45) is 4.99 Å². The van der Waals surface area contributed by atoms with Gasteiger partial charge < -0.3 is 10.0 Å². The average Bonchev–Trinajstić information content (AvgIpc) is 2.38. The second kappa shape index (κ2) is 3.59. The number of carboxylic acid groups (broad SMARTS) is 1. The highest BCUT2D eigenvalue weighted by Gasteiger charge is 2.22. The van der Waals surface area contributed by atoms with Crippen molar-refractivity contribution in [3.8, 4) is 0 Å². The zero-order valence-corrected chi connectivity index (χ0v) is 9.00. The van der Waals surface area contributed by atoms with E-state index in [2.05, 4.69) is 4.99 Å². The van der Waals surface area contributed by atoms with Crippen LogP contribution in [0.5, 0.6) is 0 Å². The SMILES string of the molecule is O=C(O)C1=CN2C(=CCc3ccccc32)N=C1. The number of rotatable bonds is 1. The van der Waals surface area contributed by atoms with Crippen LogP contribution >= 0.6 is 0 Å². The summed E-state index contributed by atoms with van der Waals surface area (Å²) in [6.45, 7) is 0. The topological polar surface area (TPSA) is 52.9 Å². The first-order chi connectivity index (χ1) is 8.25. The number of carbonyl (C=O) groups is 1. The first-order valence-electron chi connectivity index (χ1n) is 5.32. The maximum absolute atomic E-state index is 10.9. The molecular formula is C13H10N2O2. The van der Waals surface area contributed by atoms with Gasteiger partial charge in [0.2, 0.25) is 0 Å². The Morgan fingerprint density at radius 3 is 3.00 bits per heavy atom. The molecule has 2 aliphatic rings. The van der Waals surface area contributed by atoms with E-state index < -0.39 is 5.97 Å². The van der Waals surface area contributed by atoms with Crippen molar-refractivity contribution in [2.75, 3.05) is 4.90 Å². The minimum Gasteiger partial charge on any atom is -0.478 e. The quantitative estimate of drug-likeness (QED) is 0.796. The van der Waals surface area contributed by atoms with Crippen LogP contribution in [-0.4, -0.2) is 17.3 Å². The molecule has 3 rings (SSSR count). The molecule has 0 fully saturated rings. The summed E-state index contributed by atoms with van der Waals surface area (Å²) in [5.74, 6) is -0.176. The molecule has 1 aromatic carbocycles. The van der Waals surface area contributed by atoms with E-state index in [1.165, 1.54) is 11.8 Å². The number of nitrogens with zero attached hydrogens (tertiary/aromatic N) is 2. The molecule has 17 heavy (non-hydrogen) atoms. The number of aliphatic imine (C=N–C) groups is 1. The minimum atomic E-state index is -0.962. The van der Waals surface area contributed by atoms with Gasteiger partial charge in [-0.25, -0.2) is 9.79 Å². The zero-order valence-electron chi connectivity index (χ0n) is 9.00. The Morgan fingerprint density at radius 1 is 1.35 bits per heavy atom. The third-order valence-electron chi connectivity index (χ3n) is 2.85. The van der Waals surface area contributed by atoms with Crippen molar-refractivity contribution in [2.45, 2.75) is 6.42 Å². The van der Waals surface area contributed by atoms with Gasteiger partial charge in [-0.05, 0) is 24.1 Å². The number of benzene rings is 1. The van der Waals surface area contributed by atoms with E-state index in [9.17, 15) is 4.79 Å². The molecule has 84 valence electrons. The molecule has 0 spiro atoms. The van der Waals surface area contributed by atoms with Crippen LogP contribution in [0.1, 0.15) is 5.56 Å². The Bertz CT molecular complexity index is 585. The van der Waals surface area contributed by atoms with Gasteiger partial charge in [0.15, 0.2) is 0 Å². The van der Waals surface area contributed by atoms with Crippen LogP contribution in [0.25, 0.3) is 0 Å². The first-order valence-corrected chi connectivity index (χ1v) is 5.32. The largest absolute Gasteiger partial charge is 0.478 e. The third-order valence-corrected chi connectivity index (χ3v) is 2.85. The fourth-order valence-electron chi connectivity index (χ4n) is 2.01. The summed E-state index contributed by atoms with van der Waals surface area (Å²) in [5.41, 5.74) is 2.37. The molecule has 2 aliphatic heterocycles. The number of hydrogen-bond donors (Lipinski definition) is 1. The summed E-state index contributed by atoms with van der Waals surface area (Å²) >= 11 is 0. The summed E-state index contributed by atoms with van der Waals surface area (Å²) in [6, 6.07) is 7.93. The molecule has 2 heterocycles. The second-order valence-electron chi connectivity index (χ2n) is 3.91. The summed E-state index contributed by atoms with van der Waals surface area (Å²) in [5, 5.41) is 8.97. The lowest BCUT2D eigenvalue weighted by atomic mass is 10.0. The van der Waals surface area contributed by atoms with Gasteiger partial charge in [-0.1, -0.05) is 18.2 Å². The number of carboxylic acids is 1. The molecule has 1 aromatic rings. The van der Waals surface area contributed by atoms with Crippen LogP contribution in [-0.2, 0) is 11.2 Å². The van der Waals surface area contributed by atoms with Crippen molar-refractivity contribution in [3.63, 3.8) is 0 Å². The van der Waals surface area contributed by atoms with Crippen molar-refractivity contribution >= 4 is 17.9 Å². The molecule has 4 nitrogen and oxygen atoms in total. The van der Waals surface area contributed by atoms with Crippen LogP contribution in [0.3, 0.4) is 0 Å². The lowest BCUT2D eigenvalue weighted by Crippen LogP contribution is -2.24. The van der Waals surface area contributed by atoms with Crippen LogP contribution in [0.2, 0.25) is 0 Å². The van der Waals surface area contributed by atoms with Gasteiger partial charge in [0, 0.05) is 12.4 Å². The molecule has 0 unspecified atom stereocenters. The highest BCUT2D eigenvalue weighted by Crippen LogP contribution is 2.32. The average molecular weight is 226 g/mol. The van der Waals surface area contributed by atoms with Gasteiger partial charge >= 0.3 is 5.97 Å². The number of anilines is 1. The van der Waals surface area contributed by atoms with Gasteiger partial charge in [0.25, 0.3) is 0 Å². The Labute approximate surface area is 98.2 Å². The molecule has 1 N–H and O–H groups in total. The van der Waals surface area contributed by atoms with E-state index in [-0.39, 0.29) is 5.57 Å². The van der Waals surface area contributed by atoms with E-state index in [0.717, 1.165) is 17.9 Å². The molecule has 4 heteroatoms. The fraction of sp³-hybridized carbons (Fsp3) is 0.0769. The van der Waals surface area contributed by atoms with Crippen LogP contribution < -0.4 is 4.90 Å². The van der Waals surface area contributed by atoms with Gasteiger partial charge in [0.1, 0.15) is 5.82 Å². The molecule has 0 amide bonds. The number of fused-ring (bicyclic) bond motifs is 3. The Balaban J connectivity index is 2.10. The van der Waals surface area contributed by atoms with Crippen LogP contribution in [0.4, 0.5) is 5.69 Å². The van der Waals surface area contributed by atoms with E-state index >= 15 is 0 Å². The van der Waals surface area contributed by atoms with Crippen molar-refractivity contribution in [1.82, 2.24) is 0 Å². The third kappa shape index (κ3) is 1.54. The molecular weight excluding hydrogens is 216 g/mol. The molecule has 0 atom stereocenters.